The predicted molar refractivity (Wildman–Crippen MR) is 169 cm³/mol. The Balaban J connectivity index is 1.36. The molecule has 9 heteroatoms. The highest BCUT2D eigenvalue weighted by molar-refractivity contribution is 5.78. The number of nitrogens with zero attached hydrogens (tertiary/aromatic N) is 3. The number of aromatic nitrogens is 1. The first-order valence-corrected chi connectivity index (χ1v) is 15.4. The van der Waals surface area contributed by atoms with Gasteiger partial charge in [0.05, 0.1) is 23.8 Å². The van der Waals surface area contributed by atoms with Crippen LogP contribution in [0.3, 0.4) is 0 Å². The number of halogens is 1. The van der Waals surface area contributed by atoms with Gasteiger partial charge in [0.2, 0.25) is 0 Å². The predicted octanol–water partition coefficient (Wildman–Crippen LogP) is 5.84. The largest absolute Gasteiger partial charge is 0.485 e. The van der Waals surface area contributed by atoms with Gasteiger partial charge in [-0.1, -0.05) is 37.4 Å². The summed E-state index contributed by atoms with van der Waals surface area (Å²) in [7, 11) is 1.56. The molecule has 2 aromatic rings. The standard InChI is InChI=1S/C35H44FN3O5/c1-6-28(30-8-7-9-32(37-30)39-15-13-35(4,34(40)41)31(39)22-42-5)33(24(3)36)44-21-25-18-23(2)29-20-38(14-10-26(29)19-25)27-11-16-43-17-12-27/h6-9,18-19,27,31H,1,3,10-17,20-22H2,2,4-5H3,(H,40,41)/b33-28-/t31?,35-/m1/s1. The minimum Gasteiger partial charge on any atom is -0.485 e. The van der Waals surface area contributed by atoms with E-state index in [1.807, 2.05) is 17.0 Å². The third kappa shape index (κ3) is 6.46. The summed E-state index contributed by atoms with van der Waals surface area (Å²) in [6.07, 6.45) is 5.11. The topological polar surface area (TPSA) is 84.4 Å². The van der Waals surface area contributed by atoms with Gasteiger partial charge >= 0.3 is 5.97 Å². The summed E-state index contributed by atoms with van der Waals surface area (Å²) < 4.78 is 32.0. The van der Waals surface area contributed by atoms with Gasteiger partial charge in [0, 0.05) is 51.6 Å². The number of aliphatic carboxylic acids is 1. The maximum atomic E-state index is 15.0. The van der Waals surface area contributed by atoms with Crippen LogP contribution in [-0.4, -0.2) is 73.1 Å². The van der Waals surface area contributed by atoms with E-state index in [0.29, 0.717) is 36.1 Å². The fourth-order valence-corrected chi connectivity index (χ4v) is 6.89. The number of fused-ring (bicyclic) bond motifs is 1. The van der Waals surface area contributed by atoms with E-state index in [1.165, 1.54) is 22.8 Å². The summed E-state index contributed by atoms with van der Waals surface area (Å²) in [5.41, 5.74) is 4.73. The maximum Gasteiger partial charge on any atom is 0.311 e. The Kier molecular flexibility index (Phi) is 9.87. The number of aryl methyl sites for hydroxylation is 1. The third-order valence-corrected chi connectivity index (χ3v) is 9.54. The lowest BCUT2D eigenvalue weighted by atomic mass is 9.83. The van der Waals surface area contributed by atoms with Crippen LogP contribution >= 0.6 is 0 Å². The molecule has 2 fully saturated rings. The van der Waals surface area contributed by atoms with Gasteiger partial charge < -0.3 is 24.2 Å². The molecule has 0 amide bonds. The van der Waals surface area contributed by atoms with Gasteiger partial charge in [0.1, 0.15) is 12.4 Å². The number of ether oxygens (including phenoxy) is 3. The molecule has 2 saturated heterocycles. The van der Waals surface area contributed by atoms with Crippen molar-refractivity contribution in [2.24, 2.45) is 5.41 Å². The van der Waals surface area contributed by atoms with Crippen LogP contribution in [0.5, 0.6) is 0 Å². The van der Waals surface area contributed by atoms with Crippen LogP contribution in [-0.2, 0) is 38.6 Å². The van der Waals surface area contributed by atoms with E-state index in [2.05, 4.69) is 37.1 Å². The number of pyridine rings is 1. The van der Waals surface area contributed by atoms with Crippen molar-refractivity contribution < 1.29 is 28.5 Å². The highest BCUT2D eigenvalue weighted by atomic mass is 19.1. The monoisotopic (exact) mass is 605 g/mol. The second kappa shape index (κ2) is 13.6. The number of carbonyl (C=O) groups is 1. The Hall–Kier alpha value is -3.53. The number of benzene rings is 1. The second-order valence-electron chi connectivity index (χ2n) is 12.3. The Bertz CT molecular complexity index is 1440. The van der Waals surface area contributed by atoms with E-state index in [-0.39, 0.29) is 19.0 Å². The summed E-state index contributed by atoms with van der Waals surface area (Å²) in [6.45, 7) is 15.9. The van der Waals surface area contributed by atoms with Crippen LogP contribution in [0.1, 0.15) is 54.1 Å². The molecule has 0 bridgehead atoms. The molecule has 1 aromatic carbocycles. The van der Waals surface area contributed by atoms with E-state index in [0.717, 1.165) is 51.1 Å². The van der Waals surface area contributed by atoms with Crippen LogP contribution in [0.4, 0.5) is 10.2 Å². The van der Waals surface area contributed by atoms with Crippen LogP contribution in [0.25, 0.3) is 5.57 Å². The van der Waals surface area contributed by atoms with E-state index < -0.39 is 23.3 Å². The first-order chi connectivity index (χ1) is 21.2. The highest BCUT2D eigenvalue weighted by Crippen LogP contribution is 2.40. The van der Waals surface area contributed by atoms with Gasteiger partial charge in [-0.15, -0.1) is 0 Å². The van der Waals surface area contributed by atoms with Crippen LogP contribution in [0.15, 0.2) is 61.2 Å². The fourth-order valence-electron chi connectivity index (χ4n) is 6.89. The number of methoxy groups -OCH3 is 1. The van der Waals surface area contributed by atoms with Crippen molar-refractivity contribution in [1.29, 1.82) is 0 Å². The van der Waals surface area contributed by atoms with Gasteiger partial charge in [-0.25, -0.2) is 9.37 Å². The number of anilines is 1. The average molecular weight is 606 g/mol. The maximum absolute atomic E-state index is 15.0. The molecule has 2 atom stereocenters. The Morgan fingerprint density at radius 3 is 2.73 bits per heavy atom. The van der Waals surface area contributed by atoms with Crippen molar-refractivity contribution in [2.45, 2.75) is 64.8 Å². The number of carboxylic acids is 1. The SMILES string of the molecule is C=C/C(=C(/OCc1cc(C)c2c(c1)CCN(C1CCOCC1)C2)C(=C)F)c1cccc(N2CC[C@@](C)(C(=O)O)C2COC)n1. The van der Waals surface area contributed by atoms with Crippen molar-refractivity contribution in [1.82, 2.24) is 9.88 Å². The normalized spacial score (nSPS) is 23.2. The first-order valence-electron chi connectivity index (χ1n) is 15.4. The van der Waals surface area contributed by atoms with Crippen LogP contribution in [0, 0.1) is 12.3 Å². The molecule has 4 heterocycles. The number of allylic oxidation sites excluding steroid dienone is 3. The molecule has 5 rings (SSSR count). The van der Waals surface area contributed by atoms with E-state index in [1.54, 1.807) is 20.1 Å². The Labute approximate surface area is 259 Å². The molecule has 3 aliphatic heterocycles. The molecule has 0 radical (unpaired) electrons. The van der Waals surface area contributed by atoms with E-state index >= 15 is 0 Å². The number of rotatable bonds is 11. The molecule has 236 valence electrons. The molecular formula is C35H44FN3O5. The zero-order valence-electron chi connectivity index (χ0n) is 26.1. The third-order valence-electron chi connectivity index (χ3n) is 9.54. The number of hydrogen-bond donors (Lipinski definition) is 1. The minimum absolute atomic E-state index is 0.0176. The summed E-state index contributed by atoms with van der Waals surface area (Å²) in [4.78, 5) is 21.5. The molecule has 3 aliphatic rings. The molecule has 1 aromatic heterocycles. The Morgan fingerprint density at radius 2 is 2.05 bits per heavy atom. The average Bonchev–Trinajstić information content (AvgIpc) is 3.36. The van der Waals surface area contributed by atoms with E-state index in [9.17, 15) is 14.3 Å². The van der Waals surface area contributed by atoms with Gasteiger partial charge in [0.15, 0.2) is 11.6 Å². The molecule has 1 unspecified atom stereocenters. The molecule has 8 nitrogen and oxygen atoms in total. The summed E-state index contributed by atoms with van der Waals surface area (Å²) in [6, 6.07) is 9.87. The lowest BCUT2D eigenvalue weighted by Crippen LogP contribution is -2.46. The van der Waals surface area contributed by atoms with Gasteiger partial charge in [-0.2, -0.15) is 0 Å². The molecule has 0 saturated carbocycles. The summed E-state index contributed by atoms with van der Waals surface area (Å²) in [5, 5.41) is 9.95. The van der Waals surface area contributed by atoms with Crippen molar-refractivity contribution in [3.05, 3.63) is 89.1 Å². The van der Waals surface area contributed by atoms with Crippen molar-refractivity contribution in [3.8, 4) is 0 Å². The van der Waals surface area contributed by atoms with Crippen molar-refractivity contribution in [2.75, 3.05) is 44.9 Å². The Morgan fingerprint density at radius 1 is 1.27 bits per heavy atom. The van der Waals surface area contributed by atoms with Gasteiger partial charge in [-0.3, -0.25) is 9.69 Å². The van der Waals surface area contributed by atoms with Crippen LogP contribution < -0.4 is 4.90 Å². The first kappa shape index (κ1) is 31.9. The molecular weight excluding hydrogens is 561 g/mol. The lowest BCUT2D eigenvalue weighted by molar-refractivity contribution is -0.148. The zero-order valence-corrected chi connectivity index (χ0v) is 26.1. The van der Waals surface area contributed by atoms with Gasteiger partial charge in [0.25, 0.3) is 0 Å². The van der Waals surface area contributed by atoms with Gasteiger partial charge in [-0.05, 0) is 73.9 Å². The minimum atomic E-state index is -0.984. The van der Waals surface area contributed by atoms with Crippen molar-refractivity contribution >= 4 is 17.4 Å². The second-order valence-corrected chi connectivity index (χ2v) is 12.3. The number of hydrogen-bond acceptors (Lipinski definition) is 7. The lowest BCUT2D eigenvalue weighted by Gasteiger charge is -2.38. The smallest absolute Gasteiger partial charge is 0.311 e. The molecule has 44 heavy (non-hydrogen) atoms. The molecule has 0 aliphatic carbocycles. The summed E-state index contributed by atoms with van der Waals surface area (Å²) in [5.74, 6) is -1.03. The number of carboxylic acid groups (broad SMARTS) is 1. The molecule has 0 spiro atoms. The van der Waals surface area contributed by atoms with Crippen LogP contribution in [0.2, 0.25) is 0 Å². The summed E-state index contributed by atoms with van der Waals surface area (Å²) >= 11 is 0. The van der Waals surface area contributed by atoms with Crippen molar-refractivity contribution in [3.63, 3.8) is 0 Å². The molecule has 1 N–H and O–H groups in total. The quantitative estimate of drug-likeness (QED) is 0.253. The van der Waals surface area contributed by atoms with E-state index in [4.69, 9.17) is 19.2 Å². The highest BCUT2D eigenvalue weighted by Gasteiger charge is 2.50. The fraction of sp³-hybridized carbons (Fsp3) is 0.486. The zero-order chi connectivity index (χ0) is 31.4.